The summed E-state index contributed by atoms with van der Waals surface area (Å²) in [5, 5.41) is 11.0. The molecular formula is C11H8BrNO2S2. The molecule has 2 aromatic rings. The number of thiazole rings is 1. The number of halogens is 1. The zero-order valence-electron chi connectivity index (χ0n) is 8.81. The maximum Gasteiger partial charge on any atom is 0.336 e. The van der Waals surface area contributed by atoms with E-state index >= 15 is 0 Å². The fraction of sp³-hybridized carbons (Fsp3) is 0.0909. The second-order valence-electron chi connectivity index (χ2n) is 3.30. The number of carboxylic acid groups (broad SMARTS) is 1. The van der Waals surface area contributed by atoms with Crippen LogP contribution in [0.25, 0.3) is 0 Å². The van der Waals surface area contributed by atoms with E-state index in [4.69, 9.17) is 5.11 Å². The number of aryl methyl sites for hydroxylation is 1. The Morgan fingerprint density at radius 1 is 1.53 bits per heavy atom. The number of aromatic nitrogens is 1. The molecule has 3 nitrogen and oxygen atoms in total. The van der Waals surface area contributed by atoms with Crippen molar-refractivity contribution in [3.8, 4) is 0 Å². The monoisotopic (exact) mass is 329 g/mol. The lowest BCUT2D eigenvalue weighted by atomic mass is 10.2. The molecule has 0 aliphatic carbocycles. The van der Waals surface area contributed by atoms with Crippen LogP contribution in [0.15, 0.2) is 37.3 Å². The number of hydrogen-bond acceptors (Lipinski definition) is 4. The summed E-state index contributed by atoms with van der Waals surface area (Å²) in [7, 11) is 0. The lowest BCUT2D eigenvalue weighted by molar-refractivity contribution is 0.0693. The minimum Gasteiger partial charge on any atom is -0.478 e. The Bertz CT molecular complexity index is 568. The van der Waals surface area contributed by atoms with Gasteiger partial charge in [0, 0.05) is 20.4 Å². The molecule has 0 bridgehead atoms. The Morgan fingerprint density at radius 2 is 2.29 bits per heavy atom. The van der Waals surface area contributed by atoms with Crippen molar-refractivity contribution in [2.24, 2.45) is 0 Å². The third-order valence-electron chi connectivity index (χ3n) is 1.97. The van der Waals surface area contributed by atoms with Gasteiger partial charge < -0.3 is 5.11 Å². The molecule has 0 atom stereocenters. The molecule has 0 radical (unpaired) electrons. The molecule has 88 valence electrons. The molecule has 0 saturated carbocycles. The zero-order valence-corrected chi connectivity index (χ0v) is 12.0. The summed E-state index contributed by atoms with van der Waals surface area (Å²) >= 11 is 6.23. The van der Waals surface area contributed by atoms with Gasteiger partial charge in [-0.1, -0.05) is 27.7 Å². The quantitative estimate of drug-likeness (QED) is 0.922. The van der Waals surface area contributed by atoms with Gasteiger partial charge in [-0.2, -0.15) is 0 Å². The molecule has 1 aromatic heterocycles. The smallest absolute Gasteiger partial charge is 0.336 e. The molecule has 0 unspecified atom stereocenters. The van der Waals surface area contributed by atoms with Crippen LogP contribution in [-0.4, -0.2) is 16.1 Å². The van der Waals surface area contributed by atoms with E-state index in [9.17, 15) is 4.79 Å². The predicted molar refractivity (Wildman–Crippen MR) is 72.1 cm³/mol. The minimum absolute atomic E-state index is 0.297. The number of hydrogen-bond donors (Lipinski definition) is 1. The molecule has 2 rings (SSSR count). The maximum absolute atomic E-state index is 11.1. The molecule has 0 fully saturated rings. The SMILES string of the molecule is Cc1csc(Sc2cc(Br)ccc2C(=O)O)n1. The van der Waals surface area contributed by atoms with Crippen LogP contribution < -0.4 is 0 Å². The molecule has 0 aliphatic rings. The van der Waals surface area contributed by atoms with E-state index in [-0.39, 0.29) is 0 Å². The summed E-state index contributed by atoms with van der Waals surface area (Å²) in [5.74, 6) is -0.923. The van der Waals surface area contributed by atoms with Crippen LogP contribution in [-0.2, 0) is 0 Å². The normalized spacial score (nSPS) is 10.5. The number of aromatic carboxylic acids is 1. The first-order valence-corrected chi connectivity index (χ1v) is 7.18. The fourth-order valence-corrected chi connectivity index (χ4v) is 3.70. The molecule has 17 heavy (non-hydrogen) atoms. The topological polar surface area (TPSA) is 50.2 Å². The second kappa shape index (κ2) is 5.20. The Kier molecular flexibility index (Phi) is 3.86. The lowest BCUT2D eigenvalue weighted by Crippen LogP contribution is -1.98. The highest BCUT2D eigenvalue weighted by atomic mass is 79.9. The maximum atomic E-state index is 11.1. The van der Waals surface area contributed by atoms with Crippen molar-refractivity contribution < 1.29 is 9.90 Å². The van der Waals surface area contributed by atoms with Gasteiger partial charge in [0.15, 0.2) is 4.34 Å². The molecule has 1 N–H and O–H groups in total. The zero-order chi connectivity index (χ0) is 12.4. The van der Waals surface area contributed by atoms with E-state index in [0.29, 0.717) is 10.5 Å². The standard InChI is InChI=1S/C11H8BrNO2S2/c1-6-5-16-11(13-6)17-9-4-7(12)2-3-8(9)10(14)15/h2-5H,1H3,(H,14,15). The van der Waals surface area contributed by atoms with Gasteiger partial charge in [-0.3, -0.25) is 0 Å². The van der Waals surface area contributed by atoms with Crippen molar-refractivity contribution in [3.05, 3.63) is 39.3 Å². The van der Waals surface area contributed by atoms with Crippen LogP contribution >= 0.6 is 39.0 Å². The van der Waals surface area contributed by atoms with E-state index in [2.05, 4.69) is 20.9 Å². The van der Waals surface area contributed by atoms with Crippen molar-refractivity contribution in [2.75, 3.05) is 0 Å². The summed E-state index contributed by atoms with van der Waals surface area (Å²) in [6.45, 7) is 1.92. The fourth-order valence-electron chi connectivity index (χ4n) is 1.23. The summed E-state index contributed by atoms with van der Waals surface area (Å²) in [4.78, 5) is 16.1. The average Bonchev–Trinajstić information content (AvgIpc) is 2.63. The Labute approximate surface area is 115 Å². The Hall–Kier alpha value is -0.850. The van der Waals surface area contributed by atoms with Crippen LogP contribution in [0, 0.1) is 6.92 Å². The van der Waals surface area contributed by atoms with Gasteiger partial charge in [-0.25, -0.2) is 9.78 Å². The lowest BCUT2D eigenvalue weighted by Gasteiger charge is -2.04. The first-order valence-electron chi connectivity index (χ1n) is 4.69. The van der Waals surface area contributed by atoms with Crippen molar-refractivity contribution >= 4 is 45.0 Å². The predicted octanol–water partition coefficient (Wildman–Crippen LogP) is 4.06. The van der Waals surface area contributed by atoms with Gasteiger partial charge in [-0.05, 0) is 25.1 Å². The van der Waals surface area contributed by atoms with Gasteiger partial charge in [0.2, 0.25) is 0 Å². The molecule has 0 amide bonds. The number of carboxylic acids is 1. The largest absolute Gasteiger partial charge is 0.478 e. The van der Waals surface area contributed by atoms with Crippen LogP contribution in [0.3, 0.4) is 0 Å². The van der Waals surface area contributed by atoms with E-state index < -0.39 is 5.97 Å². The van der Waals surface area contributed by atoms with Gasteiger partial charge in [0.05, 0.1) is 5.56 Å². The van der Waals surface area contributed by atoms with Crippen LogP contribution in [0.5, 0.6) is 0 Å². The summed E-state index contributed by atoms with van der Waals surface area (Å²) in [6, 6.07) is 5.11. The number of benzene rings is 1. The molecule has 0 spiro atoms. The Morgan fingerprint density at radius 3 is 2.88 bits per heavy atom. The van der Waals surface area contributed by atoms with Crippen molar-refractivity contribution in [2.45, 2.75) is 16.2 Å². The van der Waals surface area contributed by atoms with E-state index in [1.165, 1.54) is 23.1 Å². The summed E-state index contributed by atoms with van der Waals surface area (Å²) in [5.41, 5.74) is 1.25. The first-order chi connectivity index (χ1) is 8.06. The number of carbonyl (C=O) groups is 1. The van der Waals surface area contributed by atoms with Gasteiger partial charge in [0.25, 0.3) is 0 Å². The highest BCUT2D eigenvalue weighted by molar-refractivity contribution is 9.10. The average molecular weight is 330 g/mol. The van der Waals surface area contributed by atoms with Crippen molar-refractivity contribution in [1.29, 1.82) is 0 Å². The van der Waals surface area contributed by atoms with Gasteiger partial charge in [-0.15, -0.1) is 11.3 Å². The van der Waals surface area contributed by atoms with Gasteiger partial charge >= 0.3 is 5.97 Å². The molecule has 0 aliphatic heterocycles. The highest BCUT2D eigenvalue weighted by Gasteiger charge is 2.13. The third kappa shape index (κ3) is 3.08. The number of nitrogens with zero attached hydrogens (tertiary/aromatic N) is 1. The minimum atomic E-state index is -0.923. The summed E-state index contributed by atoms with van der Waals surface area (Å²) < 4.78 is 1.71. The first kappa shape index (κ1) is 12.6. The third-order valence-corrected chi connectivity index (χ3v) is 4.58. The van der Waals surface area contributed by atoms with E-state index in [1.807, 2.05) is 12.3 Å². The van der Waals surface area contributed by atoms with Crippen LogP contribution in [0.4, 0.5) is 0 Å². The molecular weight excluding hydrogens is 322 g/mol. The molecule has 6 heteroatoms. The summed E-state index contributed by atoms with van der Waals surface area (Å²) in [6.07, 6.45) is 0. The Balaban J connectivity index is 2.37. The number of rotatable bonds is 3. The van der Waals surface area contributed by atoms with Crippen LogP contribution in [0.2, 0.25) is 0 Å². The molecule has 1 aromatic carbocycles. The molecule has 0 saturated heterocycles. The second-order valence-corrected chi connectivity index (χ2v) is 6.37. The van der Waals surface area contributed by atoms with Crippen molar-refractivity contribution in [3.63, 3.8) is 0 Å². The van der Waals surface area contributed by atoms with E-state index in [1.54, 1.807) is 18.2 Å². The van der Waals surface area contributed by atoms with E-state index in [0.717, 1.165) is 14.5 Å². The van der Waals surface area contributed by atoms with Crippen LogP contribution in [0.1, 0.15) is 16.1 Å². The highest BCUT2D eigenvalue weighted by Crippen LogP contribution is 2.34. The molecule has 1 heterocycles. The van der Waals surface area contributed by atoms with Crippen molar-refractivity contribution in [1.82, 2.24) is 4.98 Å². The van der Waals surface area contributed by atoms with Gasteiger partial charge in [0.1, 0.15) is 0 Å².